The monoisotopic (exact) mass is 267 g/mol. The smallest absolute Gasteiger partial charge is 0.371 e. The van der Waals surface area contributed by atoms with Gasteiger partial charge in [0.15, 0.2) is 0 Å². The maximum Gasteiger partial charge on any atom is 0.371 e. The molecule has 1 unspecified atom stereocenters. The van der Waals surface area contributed by atoms with Crippen LogP contribution in [0.3, 0.4) is 0 Å². The number of nitrogens with one attached hydrogen (secondary N) is 1. The van der Waals surface area contributed by atoms with Crippen molar-refractivity contribution in [2.45, 2.75) is 12.8 Å². The number of carboxylic acid groups (broad SMARTS) is 1. The lowest BCUT2D eigenvalue weighted by atomic mass is 10.0. The Morgan fingerprint density at radius 1 is 1.32 bits per heavy atom. The predicted octanol–water partition coefficient (Wildman–Crippen LogP) is 1.57. The highest BCUT2D eigenvalue weighted by Crippen LogP contribution is 2.14. The number of benzene rings is 1. The Labute approximate surface area is 109 Å². The zero-order valence-corrected chi connectivity index (χ0v) is 10.3. The highest BCUT2D eigenvalue weighted by molar-refractivity contribution is 5.95. The molecule has 3 N–H and O–H groups in total. The van der Waals surface area contributed by atoms with Gasteiger partial charge in [0.05, 0.1) is 6.08 Å². The van der Waals surface area contributed by atoms with E-state index in [1.54, 1.807) is 12.1 Å². The number of carbonyl (C=O) groups is 2. The van der Waals surface area contributed by atoms with E-state index in [4.69, 9.17) is 10.2 Å². The zero-order valence-electron chi connectivity index (χ0n) is 10.3. The summed E-state index contributed by atoms with van der Waals surface area (Å²) in [5.41, 5.74) is 0.841. The fourth-order valence-corrected chi connectivity index (χ4v) is 1.40. The van der Waals surface area contributed by atoms with Crippen molar-refractivity contribution in [3.8, 4) is 0 Å². The molecule has 1 aromatic carbocycles. The van der Waals surface area contributed by atoms with Gasteiger partial charge in [0, 0.05) is 6.54 Å². The molecule has 1 amide bonds. The second kappa shape index (κ2) is 6.53. The summed E-state index contributed by atoms with van der Waals surface area (Å²) < 4.78 is 12.7. The summed E-state index contributed by atoms with van der Waals surface area (Å²) in [5.74, 6) is -3.69. The first-order chi connectivity index (χ1) is 8.90. The van der Waals surface area contributed by atoms with Crippen LogP contribution in [0.2, 0.25) is 0 Å². The van der Waals surface area contributed by atoms with E-state index >= 15 is 0 Å². The van der Waals surface area contributed by atoms with Crippen LogP contribution in [-0.2, 0) is 9.59 Å². The molecule has 0 saturated heterocycles. The maximum atomic E-state index is 12.7. The number of carbonyl (C=O) groups excluding carboxylic acids is 1. The third-order valence-corrected chi connectivity index (χ3v) is 2.51. The van der Waals surface area contributed by atoms with Crippen molar-refractivity contribution in [1.29, 1.82) is 0 Å². The van der Waals surface area contributed by atoms with Crippen molar-refractivity contribution in [3.63, 3.8) is 0 Å². The quantitative estimate of drug-likeness (QED) is 0.558. The molecule has 1 rings (SSSR count). The lowest BCUT2D eigenvalue weighted by Crippen LogP contribution is -2.26. The second-order valence-corrected chi connectivity index (χ2v) is 4.03. The lowest BCUT2D eigenvalue weighted by Gasteiger charge is -2.12. The minimum atomic E-state index is -1.57. The van der Waals surface area contributed by atoms with Gasteiger partial charge in [-0.1, -0.05) is 19.1 Å². The summed E-state index contributed by atoms with van der Waals surface area (Å²) in [7, 11) is 0. The van der Waals surface area contributed by atoms with E-state index in [2.05, 4.69) is 5.32 Å². The molecule has 6 heteroatoms. The van der Waals surface area contributed by atoms with Gasteiger partial charge < -0.3 is 15.5 Å². The van der Waals surface area contributed by atoms with Crippen molar-refractivity contribution < 1.29 is 24.2 Å². The van der Waals surface area contributed by atoms with Crippen LogP contribution in [0.5, 0.6) is 0 Å². The average molecular weight is 267 g/mol. The maximum absolute atomic E-state index is 12.7. The number of aliphatic carboxylic acids is 1. The highest BCUT2D eigenvalue weighted by atomic mass is 19.1. The van der Waals surface area contributed by atoms with E-state index in [0.717, 1.165) is 5.56 Å². The van der Waals surface area contributed by atoms with E-state index in [0.29, 0.717) is 6.08 Å². The van der Waals surface area contributed by atoms with Gasteiger partial charge in [0.25, 0.3) is 0 Å². The minimum Gasteiger partial charge on any atom is -0.502 e. The Balaban J connectivity index is 2.53. The lowest BCUT2D eigenvalue weighted by molar-refractivity contribution is -0.136. The molecule has 0 aromatic heterocycles. The van der Waals surface area contributed by atoms with Crippen LogP contribution in [0.25, 0.3) is 0 Å². The summed E-state index contributed by atoms with van der Waals surface area (Å²) in [5, 5.41) is 19.7. The third kappa shape index (κ3) is 4.79. The van der Waals surface area contributed by atoms with Crippen LogP contribution < -0.4 is 5.32 Å². The highest BCUT2D eigenvalue weighted by Gasteiger charge is 2.10. The Kier molecular flexibility index (Phi) is 5.05. The largest absolute Gasteiger partial charge is 0.502 e. The van der Waals surface area contributed by atoms with Gasteiger partial charge in [-0.2, -0.15) is 0 Å². The number of rotatable bonds is 5. The molecule has 0 aliphatic rings. The van der Waals surface area contributed by atoms with Crippen LogP contribution >= 0.6 is 0 Å². The van der Waals surface area contributed by atoms with Gasteiger partial charge in [0.2, 0.25) is 11.7 Å². The first kappa shape index (κ1) is 14.7. The summed E-state index contributed by atoms with van der Waals surface area (Å²) >= 11 is 0. The summed E-state index contributed by atoms with van der Waals surface area (Å²) in [4.78, 5) is 21.6. The number of hydrogen-bond donors (Lipinski definition) is 3. The Morgan fingerprint density at radius 2 is 1.89 bits per heavy atom. The van der Waals surface area contributed by atoms with Crippen LogP contribution in [0, 0.1) is 5.82 Å². The molecule has 1 aromatic rings. The number of aliphatic hydroxyl groups is 1. The van der Waals surface area contributed by atoms with Gasteiger partial charge in [-0.3, -0.25) is 4.79 Å². The molecule has 0 bridgehead atoms. The van der Waals surface area contributed by atoms with Gasteiger partial charge in [-0.15, -0.1) is 0 Å². The van der Waals surface area contributed by atoms with Crippen LogP contribution in [-0.4, -0.2) is 28.6 Å². The zero-order chi connectivity index (χ0) is 14.4. The van der Waals surface area contributed by atoms with Gasteiger partial charge in [-0.05, 0) is 23.6 Å². The van der Waals surface area contributed by atoms with E-state index in [-0.39, 0.29) is 18.3 Å². The molecule has 102 valence electrons. The van der Waals surface area contributed by atoms with Crippen LogP contribution in [0.15, 0.2) is 36.1 Å². The normalized spacial score (nSPS) is 12.8. The SMILES string of the molecule is CC(CNC(=O)/C=C(\O)C(=O)O)c1ccc(F)cc1. The number of hydrogen-bond acceptors (Lipinski definition) is 3. The van der Waals surface area contributed by atoms with Crippen molar-refractivity contribution >= 4 is 11.9 Å². The molecule has 0 aliphatic carbocycles. The molecule has 19 heavy (non-hydrogen) atoms. The van der Waals surface area contributed by atoms with E-state index < -0.39 is 17.6 Å². The van der Waals surface area contributed by atoms with E-state index in [1.807, 2.05) is 6.92 Å². The Hall–Kier alpha value is -2.37. The number of carboxylic acids is 1. The van der Waals surface area contributed by atoms with Crippen LogP contribution in [0.1, 0.15) is 18.4 Å². The fourth-order valence-electron chi connectivity index (χ4n) is 1.40. The summed E-state index contributed by atoms with van der Waals surface area (Å²) in [6.07, 6.45) is 0.597. The van der Waals surface area contributed by atoms with Gasteiger partial charge >= 0.3 is 5.97 Å². The number of halogens is 1. The molecule has 0 fully saturated rings. The first-order valence-corrected chi connectivity index (χ1v) is 5.57. The van der Waals surface area contributed by atoms with Crippen LogP contribution in [0.4, 0.5) is 4.39 Å². The fraction of sp³-hybridized carbons (Fsp3) is 0.231. The average Bonchev–Trinajstić information content (AvgIpc) is 2.36. The van der Waals surface area contributed by atoms with E-state index in [9.17, 15) is 14.0 Å². The Morgan fingerprint density at radius 3 is 2.42 bits per heavy atom. The molecular weight excluding hydrogens is 253 g/mol. The van der Waals surface area contributed by atoms with Gasteiger partial charge in [0.1, 0.15) is 5.82 Å². The minimum absolute atomic E-state index is 0.0649. The molecular formula is C13H14FNO4. The van der Waals surface area contributed by atoms with Crippen molar-refractivity contribution in [2.24, 2.45) is 0 Å². The van der Waals surface area contributed by atoms with Crippen molar-refractivity contribution in [1.82, 2.24) is 5.32 Å². The first-order valence-electron chi connectivity index (χ1n) is 5.57. The second-order valence-electron chi connectivity index (χ2n) is 4.03. The van der Waals surface area contributed by atoms with Crippen molar-refractivity contribution in [3.05, 3.63) is 47.5 Å². The number of amides is 1. The molecule has 0 heterocycles. The summed E-state index contributed by atoms with van der Waals surface area (Å²) in [6.45, 7) is 2.07. The standard InChI is InChI=1S/C13H14FNO4/c1-8(9-2-4-10(14)5-3-9)7-15-12(17)6-11(16)13(18)19/h2-6,8,16H,7H2,1H3,(H,15,17)(H,18,19)/b11-6-. The topological polar surface area (TPSA) is 86.6 Å². The van der Waals surface area contributed by atoms with E-state index in [1.165, 1.54) is 12.1 Å². The van der Waals surface area contributed by atoms with Gasteiger partial charge in [-0.25, -0.2) is 9.18 Å². The Bertz CT molecular complexity index is 496. The number of aliphatic hydroxyl groups excluding tert-OH is 1. The molecule has 0 aliphatic heterocycles. The molecule has 0 spiro atoms. The van der Waals surface area contributed by atoms with Crippen molar-refractivity contribution in [2.75, 3.05) is 6.54 Å². The molecule has 1 atom stereocenters. The third-order valence-electron chi connectivity index (χ3n) is 2.51. The summed E-state index contributed by atoms with van der Waals surface area (Å²) in [6, 6.07) is 5.86. The molecule has 5 nitrogen and oxygen atoms in total. The predicted molar refractivity (Wildman–Crippen MR) is 66.2 cm³/mol. The molecule has 0 saturated carbocycles. The molecule has 0 radical (unpaired) electrons.